The second kappa shape index (κ2) is 6.36. The first-order chi connectivity index (χ1) is 8.00. The van der Waals surface area contributed by atoms with Crippen molar-refractivity contribution in [3.05, 3.63) is 34.6 Å². The van der Waals surface area contributed by atoms with Crippen molar-refractivity contribution in [1.82, 2.24) is 0 Å². The molecule has 0 amide bonds. The molecule has 0 saturated carbocycles. The second-order valence-corrected chi connectivity index (χ2v) is 5.15. The van der Waals surface area contributed by atoms with E-state index in [1.54, 1.807) is 12.1 Å². The fourth-order valence-corrected chi connectivity index (χ4v) is 2.18. The fourth-order valence-electron chi connectivity index (χ4n) is 1.98. The summed E-state index contributed by atoms with van der Waals surface area (Å²) in [4.78, 5) is 0. The third kappa shape index (κ3) is 4.29. The highest BCUT2D eigenvalue weighted by atomic mass is 35.5. The van der Waals surface area contributed by atoms with Crippen LogP contribution in [-0.2, 0) is 6.42 Å². The molecule has 0 aliphatic carbocycles. The molecule has 3 heteroatoms. The zero-order valence-corrected chi connectivity index (χ0v) is 11.4. The number of halogens is 2. The third-order valence-corrected chi connectivity index (χ3v) is 3.56. The maximum atomic E-state index is 13.1. The van der Waals surface area contributed by atoms with Crippen LogP contribution in [0.1, 0.15) is 45.1 Å². The highest BCUT2D eigenvalue weighted by molar-refractivity contribution is 6.30. The molecule has 0 aliphatic rings. The van der Waals surface area contributed by atoms with Gasteiger partial charge in [0.05, 0.1) is 5.02 Å². The number of hydrogen-bond donors (Lipinski definition) is 1. The van der Waals surface area contributed by atoms with Crippen LogP contribution in [0.2, 0.25) is 5.02 Å². The van der Waals surface area contributed by atoms with Crippen molar-refractivity contribution >= 4 is 11.6 Å². The lowest BCUT2D eigenvalue weighted by atomic mass is 9.84. The average Bonchev–Trinajstić information content (AvgIpc) is 2.31. The maximum absolute atomic E-state index is 13.1. The maximum Gasteiger partial charge on any atom is 0.141 e. The van der Waals surface area contributed by atoms with Crippen LogP contribution in [0.25, 0.3) is 0 Å². The molecule has 1 aromatic carbocycles. The topological polar surface area (TPSA) is 26.0 Å². The van der Waals surface area contributed by atoms with E-state index in [9.17, 15) is 4.39 Å². The van der Waals surface area contributed by atoms with Gasteiger partial charge in [-0.2, -0.15) is 0 Å². The van der Waals surface area contributed by atoms with Gasteiger partial charge in [0.15, 0.2) is 0 Å². The van der Waals surface area contributed by atoms with Crippen molar-refractivity contribution in [2.24, 2.45) is 5.73 Å². The molecule has 1 unspecified atom stereocenters. The minimum absolute atomic E-state index is 0.177. The quantitative estimate of drug-likeness (QED) is 0.807. The van der Waals surface area contributed by atoms with Crippen molar-refractivity contribution in [2.75, 3.05) is 0 Å². The van der Waals surface area contributed by atoms with Crippen LogP contribution in [0.4, 0.5) is 4.39 Å². The third-order valence-electron chi connectivity index (χ3n) is 3.27. The van der Waals surface area contributed by atoms with Crippen molar-refractivity contribution in [1.29, 1.82) is 0 Å². The highest BCUT2D eigenvalue weighted by Gasteiger charge is 2.22. The summed E-state index contributed by atoms with van der Waals surface area (Å²) in [6.45, 7) is 4.26. The van der Waals surface area contributed by atoms with Crippen LogP contribution in [0, 0.1) is 5.82 Å². The summed E-state index contributed by atoms with van der Waals surface area (Å²) in [5.41, 5.74) is 7.18. The number of rotatable bonds is 6. The molecule has 0 heterocycles. The van der Waals surface area contributed by atoms with E-state index in [1.165, 1.54) is 6.07 Å². The molecule has 0 aromatic heterocycles. The number of nitrogens with two attached hydrogens (primary N) is 1. The zero-order chi connectivity index (χ0) is 12.9. The van der Waals surface area contributed by atoms with Crippen LogP contribution in [-0.4, -0.2) is 5.54 Å². The van der Waals surface area contributed by atoms with Crippen molar-refractivity contribution in [3.63, 3.8) is 0 Å². The predicted molar refractivity (Wildman–Crippen MR) is 71.8 cm³/mol. The van der Waals surface area contributed by atoms with Crippen LogP contribution in [0.5, 0.6) is 0 Å². The molecule has 17 heavy (non-hydrogen) atoms. The van der Waals surface area contributed by atoms with Gasteiger partial charge < -0.3 is 5.73 Å². The van der Waals surface area contributed by atoms with E-state index in [2.05, 4.69) is 13.8 Å². The number of hydrogen-bond acceptors (Lipinski definition) is 1. The molecular formula is C14H21ClFN. The smallest absolute Gasteiger partial charge is 0.141 e. The fraction of sp³-hybridized carbons (Fsp3) is 0.571. The van der Waals surface area contributed by atoms with Crippen LogP contribution in [0.15, 0.2) is 18.2 Å². The van der Waals surface area contributed by atoms with E-state index in [-0.39, 0.29) is 16.4 Å². The Morgan fingerprint density at radius 3 is 2.59 bits per heavy atom. The van der Waals surface area contributed by atoms with Gasteiger partial charge in [0.1, 0.15) is 5.82 Å². The van der Waals surface area contributed by atoms with E-state index in [1.807, 2.05) is 0 Å². The molecule has 2 N–H and O–H groups in total. The summed E-state index contributed by atoms with van der Waals surface area (Å²) in [6.07, 6.45) is 4.93. The summed E-state index contributed by atoms with van der Waals surface area (Å²) >= 11 is 5.77. The standard InChI is InChI=1S/C14H21ClFN/c1-3-5-8-14(17,4-2)10-11-6-7-13(16)12(15)9-11/h6-7,9H,3-5,8,10,17H2,1-2H3. The Morgan fingerprint density at radius 1 is 1.35 bits per heavy atom. The lowest BCUT2D eigenvalue weighted by Crippen LogP contribution is -2.41. The molecular weight excluding hydrogens is 237 g/mol. The summed E-state index contributed by atoms with van der Waals surface area (Å²) in [6, 6.07) is 4.86. The van der Waals surface area contributed by atoms with Gasteiger partial charge in [0.25, 0.3) is 0 Å². The predicted octanol–water partition coefficient (Wildman–Crippen LogP) is 4.32. The van der Waals surface area contributed by atoms with Gasteiger partial charge in [0.2, 0.25) is 0 Å². The first kappa shape index (κ1) is 14.5. The Balaban J connectivity index is 2.76. The van der Waals surface area contributed by atoms with E-state index in [4.69, 9.17) is 17.3 Å². The molecule has 0 radical (unpaired) electrons. The monoisotopic (exact) mass is 257 g/mol. The van der Waals surface area contributed by atoms with E-state index in [0.29, 0.717) is 0 Å². The first-order valence-corrected chi connectivity index (χ1v) is 6.61. The zero-order valence-electron chi connectivity index (χ0n) is 10.6. The number of unbranched alkanes of at least 4 members (excludes halogenated alkanes) is 1. The lowest BCUT2D eigenvalue weighted by Gasteiger charge is -2.28. The Hall–Kier alpha value is -0.600. The Bertz CT molecular complexity index is 367. The molecule has 0 saturated heterocycles. The molecule has 1 aromatic rings. The van der Waals surface area contributed by atoms with Crippen molar-refractivity contribution in [3.8, 4) is 0 Å². The minimum Gasteiger partial charge on any atom is -0.325 e. The summed E-state index contributed by atoms with van der Waals surface area (Å²) in [5, 5.41) is 0.177. The van der Waals surface area contributed by atoms with Crippen LogP contribution < -0.4 is 5.73 Å². The molecule has 0 fully saturated rings. The van der Waals surface area contributed by atoms with Gasteiger partial charge >= 0.3 is 0 Å². The summed E-state index contributed by atoms with van der Waals surface area (Å²) in [5.74, 6) is -0.372. The van der Waals surface area contributed by atoms with Gasteiger partial charge in [-0.05, 0) is 37.0 Å². The van der Waals surface area contributed by atoms with Crippen LogP contribution >= 0.6 is 11.6 Å². The molecule has 0 bridgehead atoms. The Kier molecular flexibility index (Phi) is 5.41. The van der Waals surface area contributed by atoms with Gasteiger partial charge in [0, 0.05) is 5.54 Å². The van der Waals surface area contributed by atoms with Gasteiger partial charge in [-0.3, -0.25) is 0 Å². The van der Waals surface area contributed by atoms with Gasteiger partial charge in [-0.15, -0.1) is 0 Å². The van der Waals surface area contributed by atoms with Crippen LogP contribution in [0.3, 0.4) is 0 Å². The molecule has 0 aliphatic heterocycles. The van der Waals surface area contributed by atoms with E-state index >= 15 is 0 Å². The SMILES string of the molecule is CCCCC(N)(CC)Cc1ccc(F)c(Cl)c1. The highest BCUT2D eigenvalue weighted by Crippen LogP contribution is 2.24. The molecule has 0 spiro atoms. The van der Waals surface area contributed by atoms with Gasteiger partial charge in [-0.25, -0.2) is 4.39 Å². The summed E-state index contributed by atoms with van der Waals surface area (Å²) in [7, 11) is 0. The normalized spacial score (nSPS) is 14.6. The van der Waals surface area contributed by atoms with Gasteiger partial charge in [-0.1, -0.05) is 44.4 Å². The molecule has 1 atom stereocenters. The van der Waals surface area contributed by atoms with E-state index in [0.717, 1.165) is 37.7 Å². The largest absolute Gasteiger partial charge is 0.325 e. The first-order valence-electron chi connectivity index (χ1n) is 6.23. The second-order valence-electron chi connectivity index (χ2n) is 4.74. The molecule has 1 nitrogen and oxygen atoms in total. The number of benzene rings is 1. The summed E-state index contributed by atoms with van der Waals surface area (Å²) < 4.78 is 13.1. The van der Waals surface area contributed by atoms with Crippen molar-refractivity contribution < 1.29 is 4.39 Å². The van der Waals surface area contributed by atoms with Crippen molar-refractivity contribution in [2.45, 2.75) is 51.5 Å². The Morgan fingerprint density at radius 2 is 2.06 bits per heavy atom. The average molecular weight is 258 g/mol. The lowest BCUT2D eigenvalue weighted by molar-refractivity contribution is 0.365. The molecule has 1 rings (SSSR count). The Labute approximate surface area is 108 Å². The minimum atomic E-state index is -0.372. The molecule has 96 valence electrons. The van der Waals surface area contributed by atoms with E-state index < -0.39 is 0 Å².